The highest BCUT2D eigenvalue weighted by molar-refractivity contribution is 5.86. The summed E-state index contributed by atoms with van der Waals surface area (Å²) in [6.07, 6.45) is 12.3. The van der Waals surface area contributed by atoms with E-state index >= 15 is 0 Å². The molecule has 9 fully saturated rings. The second kappa shape index (κ2) is 21.0. The number of carbonyl (C=O) groups is 3. The van der Waals surface area contributed by atoms with Crippen LogP contribution in [0.2, 0.25) is 0 Å². The normalized spacial score (nSPS) is 35.5. The van der Waals surface area contributed by atoms with E-state index in [1.807, 2.05) is 48.5 Å². The van der Waals surface area contributed by atoms with Crippen molar-refractivity contribution in [2.75, 3.05) is 58.9 Å². The van der Waals surface area contributed by atoms with Gasteiger partial charge in [-0.25, -0.2) is 4.79 Å². The molecule has 0 saturated carbocycles. The first-order chi connectivity index (χ1) is 30.8. The molecule has 11 nitrogen and oxygen atoms in total. The topological polar surface area (TPSA) is 146 Å². The molecule has 66 heavy (non-hydrogen) atoms. The zero-order chi connectivity index (χ0) is 44.6. The van der Waals surface area contributed by atoms with Crippen LogP contribution in [0.3, 0.4) is 0 Å². The molecule has 13 heteroatoms. The third kappa shape index (κ3) is 10.1. The van der Waals surface area contributed by atoms with Crippen molar-refractivity contribution in [3.8, 4) is 0 Å². The number of aliphatic carboxylic acids is 1. The van der Waals surface area contributed by atoms with Crippen molar-refractivity contribution < 1.29 is 34.1 Å². The van der Waals surface area contributed by atoms with Crippen molar-refractivity contribution in [2.45, 2.75) is 126 Å². The average molecular weight is 948 g/mol. The first-order valence-corrected chi connectivity index (χ1v) is 24.4. The van der Waals surface area contributed by atoms with E-state index in [2.05, 4.69) is 45.9 Å². The lowest BCUT2D eigenvalue weighted by Crippen LogP contribution is -2.54. The zero-order valence-electron chi connectivity index (χ0n) is 38.9. The molecule has 3 aliphatic carbocycles. The summed E-state index contributed by atoms with van der Waals surface area (Å²) >= 11 is 0. The molecule has 0 aromatic heterocycles. The molecule has 15 rings (SSSR count). The molecule has 3 unspecified atom stereocenters. The van der Waals surface area contributed by atoms with Crippen molar-refractivity contribution in [1.29, 1.82) is 0 Å². The van der Waals surface area contributed by atoms with Crippen LogP contribution < -0.4 is 5.73 Å². The number of carbonyl (C=O) groups excluding carboxylic acids is 2. The molecule has 4 N–H and O–H groups in total. The summed E-state index contributed by atoms with van der Waals surface area (Å²) in [6, 6.07) is 24.1. The number of aliphatic hydroxyl groups excluding tert-OH is 1. The van der Waals surface area contributed by atoms with Gasteiger partial charge in [0, 0.05) is 19.6 Å². The Balaban J connectivity index is 0.000000136. The minimum Gasteiger partial charge on any atom is -0.481 e. The number of aliphatic hydroxyl groups is 1. The highest BCUT2D eigenvalue weighted by Gasteiger charge is 2.47. The fraction of sp³-hybridized carbons (Fsp3) is 0.604. The van der Waals surface area contributed by atoms with E-state index in [0.29, 0.717) is 24.2 Å². The number of halogens is 2. The second-order valence-electron chi connectivity index (χ2n) is 20.8. The molecule has 9 saturated heterocycles. The third-order valence-corrected chi connectivity index (χ3v) is 16.9. The predicted octanol–water partition coefficient (Wildman–Crippen LogP) is 6.84. The van der Waals surface area contributed by atoms with Crippen LogP contribution >= 0.6 is 24.8 Å². The van der Waals surface area contributed by atoms with E-state index in [-0.39, 0.29) is 55.1 Å². The minimum atomic E-state index is -0.942. The Labute approximate surface area is 404 Å². The summed E-state index contributed by atoms with van der Waals surface area (Å²) < 4.78 is 11.9. The summed E-state index contributed by atoms with van der Waals surface area (Å²) in [6.45, 7) is 13.7. The molecule has 9 heterocycles. The Morgan fingerprint density at radius 2 is 0.924 bits per heavy atom. The number of fused-ring (bicyclic) bond motifs is 12. The maximum absolute atomic E-state index is 12.8. The summed E-state index contributed by atoms with van der Waals surface area (Å²) in [4.78, 5) is 43.8. The summed E-state index contributed by atoms with van der Waals surface area (Å²) in [5, 5.41) is 18.5. The summed E-state index contributed by atoms with van der Waals surface area (Å²) in [5.41, 5.74) is 11.2. The van der Waals surface area contributed by atoms with Gasteiger partial charge in [-0.15, -0.1) is 24.8 Å². The Hall–Kier alpha value is -3.55. The number of nitrogens with two attached hydrogens (primary N) is 1. The van der Waals surface area contributed by atoms with Gasteiger partial charge in [0.05, 0.1) is 16.9 Å². The molecule has 12 aliphatic rings. The molecule has 0 radical (unpaired) electrons. The Kier molecular flexibility index (Phi) is 16.0. The highest BCUT2D eigenvalue weighted by Crippen LogP contribution is 2.42. The van der Waals surface area contributed by atoms with Gasteiger partial charge in [0.2, 0.25) is 0 Å². The van der Waals surface area contributed by atoms with Crippen LogP contribution in [0.5, 0.6) is 0 Å². The van der Waals surface area contributed by atoms with Crippen molar-refractivity contribution in [3.05, 3.63) is 106 Å². The van der Waals surface area contributed by atoms with Crippen molar-refractivity contribution in [3.63, 3.8) is 0 Å². The van der Waals surface area contributed by atoms with Gasteiger partial charge in [-0.2, -0.15) is 0 Å². The van der Waals surface area contributed by atoms with Gasteiger partial charge in [-0.3, -0.25) is 19.4 Å². The molecular weight excluding hydrogens is 876 g/mol. The van der Waals surface area contributed by atoms with Crippen LogP contribution in [0.15, 0.2) is 72.8 Å². The number of hydrogen-bond acceptors (Lipinski definition) is 10. The van der Waals surface area contributed by atoms with Gasteiger partial charge < -0.3 is 30.3 Å². The van der Waals surface area contributed by atoms with Gasteiger partial charge in [-0.1, -0.05) is 72.8 Å². The number of piperidine rings is 9. The number of hydrogen-bond donors (Lipinski definition) is 3. The SMILES string of the molecule is CC1(C(=O)O)CCc2ccccc21.CC1(C(=O)O[C@H]2CN3CCC2CC3)CCc2ccccc21.Cl.Cl.NC1(C(=O)O[C@H]2CN3CCC2CC3)CCc2ccccc21.O[C@H]1CN2CCC1CC2. The lowest BCUT2D eigenvalue weighted by atomic mass is 9.83. The zero-order valence-corrected chi connectivity index (χ0v) is 40.5. The molecule has 6 bridgehead atoms. The van der Waals surface area contributed by atoms with Crippen molar-refractivity contribution in [1.82, 2.24) is 14.7 Å². The number of carboxylic acid groups (broad SMARTS) is 1. The van der Waals surface area contributed by atoms with Crippen molar-refractivity contribution in [2.24, 2.45) is 23.5 Å². The standard InChI is InChI=1S/C18H23NO2.C17H22N2O2.C11H12O2.C7H13NO.2ClH/c1-18(9-6-13-4-2-3-5-15(13)18)17(20)21-16-12-19-10-7-14(16)8-11-19;18-17(8-5-12-3-1-2-4-14(12)17)16(20)21-15-11-19-9-6-13(15)7-10-19;1-11(10(12)13)7-6-8-4-2-3-5-9(8)11;9-7-5-8-3-1-6(7)2-4-8;;/h2-5,14,16H,6-12H2,1H3;1-4,13,15H,5-11,18H2;2-5H,6-7H2,1H3,(H,12,13);6-7,9H,1-5H2;2*1H/t16-,18?;15-,17?;;7-;;/m00.0../s1. The summed E-state index contributed by atoms with van der Waals surface area (Å²) in [7, 11) is 0. The molecule has 9 aliphatic heterocycles. The van der Waals surface area contributed by atoms with Crippen LogP contribution in [0.1, 0.15) is 105 Å². The average Bonchev–Trinajstić information content (AvgIpc) is 4.00. The fourth-order valence-electron chi connectivity index (χ4n) is 12.4. The first kappa shape index (κ1) is 50.3. The quantitative estimate of drug-likeness (QED) is 0.231. The minimum absolute atomic E-state index is 0. The van der Waals surface area contributed by atoms with Crippen LogP contribution in [0, 0.1) is 17.8 Å². The second-order valence-corrected chi connectivity index (χ2v) is 20.8. The Morgan fingerprint density at radius 1 is 0.545 bits per heavy atom. The van der Waals surface area contributed by atoms with Crippen LogP contribution in [-0.4, -0.2) is 120 Å². The van der Waals surface area contributed by atoms with Crippen LogP contribution in [0.25, 0.3) is 0 Å². The van der Waals surface area contributed by atoms with Crippen molar-refractivity contribution >= 4 is 42.7 Å². The van der Waals surface area contributed by atoms with Gasteiger partial charge in [0.25, 0.3) is 0 Å². The monoisotopic (exact) mass is 946 g/mol. The Morgan fingerprint density at radius 3 is 1.33 bits per heavy atom. The van der Waals surface area contributed by atoms with E-state index < -0.39 is 22.3 Å². The van der Waals surface area contributed by atoms with E-state index in [4.69, 9.17) is 20.3 Å². The number of nitrogens with zero attached hydrogens (tertiary/aromatic N) is 3. The van der Waals surface area contributed by atoms with Gasteiger partial charge in [0.1, 0.15) is 17.7 Å². The molecule has 3 aromatic rings. The van der Waals surface area contributed by atoms with E-state index in [0.717, 1.165) is 88.8 Å². The molecule has 0 amide bonds. The molecule has 3 aromatic carbocycles. The predicted molar refractivity (Wildman–Crippen MR) is 260 cm³/mol. The number of carboxylic acids is 1. The number of esters is 2. The maximum atomic E-state index is 12.8. The molecular formula is C53H72Cl2N4O7. The number of rotatable bonds is 5. The lowest BCUT2D eigenvalue weighted by Gasteiger charge is -2.44. The van der Waals surface area contributed by atoms with E-state index in [9.17, 15) is 19.5 Å². The molecule has 0 spiro atoms. The van der Waals surface area contributed by atoms with E-state index in [1.165, 1.54) is 74.1 Å². The van der Waals surface area contributed by atoms with E-state index in [1.54, 1.807) is 6.92 Å². The maximum Gasteiger partial charge on any atom is 0.331 e. The smallest absolute Gasteiger partial charge is 0.331 e. The third-order valence-electron chi connectivity index (χ3n) is 16.9. The van der Waals surface area contributed by atoms with Crippen LogP contribution in [-0.2, 0) is 59.5 Å². The highest BCUT2D eigenvalue weighted by atomic mass is 35.5. The van der Waals surface area contributed by atoms with Gasteiger partial charge >= 0.3 is 17.9 Å². The molecule has 360 valence electrons. The largest absolute Gasteiger partial charge is 0.481 e. The number of benzene rings is 3. The number of aryl methyl sites for hydroxylation is 3. The summed E-state index contributed by atoms with van der Waals surface area (Å²) in [5.74, 6) is 0.795. The van der Waals surface area contributed by atoms with Gasteiger partial charge in [-0.05, 0) is 181 Å². The van der Waals surface area contributed by atoms with Crippen LogP contribution in [0.4, 0.5) is 0 Å². The number of ether oxygens (including phenoxy) is 2. The first-order valence-electron chi connectivity index (χ1n) is 24.4. The lowest BCUT2D eigenvalue weighted by molar-refractivity contribution is -0.166. The molecule has 6 atom stereocenters. The van der Waals surface area contributed by atoms with Gasteiger partial charge in [0.15, 0.2) is 0 Å². The Bertz CT molecular complexity index is 2070. The fourth-order valence-corrected chi connectivity index (χ4v) is 12.4.